The van der Waals surface area contributed by atoms with Crippen LogP contribution in [0.3, 0.4) is 0 Å². The van der Waals surface area contributed by atoms with Crippen LogP contribution in [-0.4, -0.2) is 40.8 Å². The lowest BCUT2D eigenvalue weighted by Crippen LogP contribution is -2.51. The first-order valence-electron chi connectivity index (χ1n) is 8.51. The maximum Gasteiger partial charge on any atom is 0.315 e. The van der Waals surface area contributed by atoms with Gasteiger partial charge >= 0.3 is 6.03 Å². The molecule has 4 N–H and O–H groups in total. The molecular weight excluding hydrogens is 344 g/mol. The Kier molecular flexibility index (Phi) is 7.56. The molecule has 0 saturated carbocycles. The number of carbonyl (C=O) groups is 2. The van der Waals surface area contributed by atoms with Gasteiger partial charge in [-0.1, -0.05) is 42.2 Å². The number of aliphatic hydroxyl groups excluding tert-OH is 2. The number of hydrogen-bond acceptors (Lipinski definition) is 4. The van der Waals surface area contributed by atoms with E-state index in [-0.39, 0.29) is 6.54 Å². The molecule has 6 nitrogen and oxygen atoms in total. The summed E-state index contributed by atoms with van der Waals surface area (Å²) in [6.07, 6.45) is -1.10. The summed E-state index contributed by atoms with van der Waals surface area (Å²) in [4.78, 5) is 23.5. The van der Waals surface area contributed by atoms with Gasteiger partial charge in [0.1, 0.15) is 12.6 Å². The molecule has 0 bridgehead atoms. The van der Waals surface area contributed by atoms with Crippen LogP contribution in [0.4, 0.5) is 4.79 Å². The second kappa shape index (κ2) is 10.1. The third-order valence-electron chi connectivity index (χ3n) is 3.78. The van der Waals surface area contributed by atoms with E-state index in [1.54, 1.807) is 0 Å². The molecule has 0 radical (unpaired) electrons. The third kappa shape index (κ3) is 6.59. The Labute approximate surface area is 158 Å². The normalized spacial score (nSPS) is 12.3. The lowest BCUT2D eigenvalue weighted by Gasteiger charge is -2.19. The maximum atomic E-state index is 12.0. The van der Waals surface area contributed by atoms with Crippen LogP contribution < -0.4 is 10.6 Å². The number of benzene rings is 2. The van der Waals surface area contributed by atoms with Gasteiger partial charge in [0.2, 0.25) is 0 Å². The molecule has 0 aromatic heterocycles. The monoisotopic (exact) mass is 366 g/mol. The molecule has 2 atom stereocenters. The van der Waals surface area contributed by atoms with Gasteiger partial charge in [0, 0.05) is 17.7 Å². The van der Waals surface area contributed by atoms with Crippen molar-refractivity contribution in [3.63, 3.8) is 0 Å². The van der Waals surface area contributed by atoms with Gasteiger partial charge in [-0.15, -0.1) is 0 Å². The molecule has 140 valence electrons. The van der Waals surface area contributed by atoms with Crippen molar-refractivity contribution in [2.45, 2.75) is 25.6 Å². The maximum absolute atomic E-state index is 12.0. The van der Waals surface area contributed by atoms with E-state index >= 15 is 0 Å². The van der Waals surface area contributed by atoms with Crippen LogP contribution in [-0.2, 0) is 11.3 Å². The number of rotatable bonds is 6. The summed E-state index contributed by atoms with van der Waals surface area (Å²) in [5, 5.41) is 23.4. The quantitative estimate of drug-likeness (QED) is 0.577. The molecule has 0 saturated heterocycles. The molecule has 0 aliphatic rings. The summed E-state index contributed by atoms with van der Waals surface area (Å²) >= 11 is 0. The minimum Gasteiger partial charge on any atom is -0.391 e. The van der Waals surface area contributed by atoms with E-state index in [1.165, 1.54) is 6.92 Å². The zero-order chi connectivity index (χ0) is 19.6. The lowest BCUT2D eigenvalue weighted by molar-refractivity contribution is -0.125. The highest BCUT2D eigenvalue weighted by molar-refractivity contribution is 5.89. The molecule has 2 aromatic rings. The van der Waals surface area contributed by atoms with Gasteiger partial charge < -0.3 is 20.8 Å². The van der Waals surface area contributed by atoms with Crippen molar-refractivity contribution in [1.29, 1.82) is 0 Å². The fraction of sp³-hybridized carbons (Fsp3) is 0.238. The van der Waals surface area contributed by atoms with E-state index in [2.05, 4.69) is 22.5 Å². The minimum atomic E-state index is -1.15. The zero-order valence-corrected chi connectivity index (χ0v) is 15.0. The summed E-state index contributed by atoms with van der Waals surface area (Å²) < 4.78 is 0. The van der Waals surface area contributed by atoms with Crippen molar-refractivity contribution in [2.24, 2.45) is 0 Å². The average molecular weight is 366 g/mol. The molecule has 6 heteroatoms. The number of urea groups is 1. The van der Waals surface area contributed by atoms with Gasteiger partial charge in [-0.3, -0.25) is 4.79 Å². The topological polar surface area (TPSA) is 98.7 Å². The fourth-order valence-electron chi connectivity index (χ4n) is 2.37. The predicted octanol–water partition coefficient (Wildman–Crippen LogP) is 1.20. The number of aliphatic hydroxyl groups is 2. The van der Waals surface area contributed by atoms with Crippen molar-refractivity contribution in [2.75, 3.05) is 6.61 Å². The first-order chi connectivity index (χ1) is 13.0. The van der Waals surface area contributed by atoms with Gasteiger partial charge in [0.25, 0.3) is 0 Å². The number of ketones is 1. The van der Waals surface area contributed by atoms with Crippen LogP contribution in [0.2, 0.25) is 0 Å². The van der Waals surface area contributed by atoms with Crippen molar-refractivity contribution in [3.05, 3.63) is 71.3 Å². The highest BCUT2D eigenvalue weighted by Crippen LogP contribution is 2.05. The van der Waals surface area contributed by atoms with Gasteiger partial charge in [0.15, 0.2) is 5.78 Å². The fourth-order valence-corrected chi connectivity index (χ4v) is 2.37. The van der Waals surface area contributed by atoms with E-state index in [9.17, 15) is 14.7 Å². The molecule has 2 amide bonds. The number of carbonyl (C=O) groups excluding carboxylic acids is 2. The number of amides is 2. The largest absolute Gasteiger partial charge is 0.391 e. The summed E-state index contributed by atoms with van der Waals surface area (Å²) in [6.45, 7) is 0.845. The van der Waals surface area contributed by atoms with E-state index in [0.717, 1.165) is 16.7 Å². The molecule has 2 aromatic carbocycles. The highest BCUT2D eigenvalue weighted by atomic mass is 16.3. The first kappa shape index (κ1) is 20.2. The minimum absolute atomic E-state index is 0.229. The summed E-state index contributed by atoms with van der Waals surface area (Å²) in [7, 11) is 0. The Hall–Kier alpha value is -3.14. The molecule has 0 aliphatic heterocycles. The van der Waals surface area contributed by atoms with Gasteiger partial charge in [-0.25, -0.2) is 4.79 Å². The molecule has 0 fully saturated rings. The van der Waals surface area contributed by atoms with Crippen LogP contribution in [0.25, 0.3) is 0 Å². The standard InChI is InChI=1S/C21H22N2O4/c1-15(25)20(19(26)14-24)23-21(27)22-13-18-9-5-8-17(12-18)11-10-16-6-3-2-4-7-16/h2-9,12,15,20,24-25H,13-14H2,1H3,(H2,22,23,27)/t15-,20+/m0/s1. The van der Waals surface area contributed by atoms with E-state index < -0.39 is 30.6 Å². The van der Waals surface area contributed by atoms with Crippen molar-refractivity contribution >= 4 is 11.8 Å². The second-order valence-corrected chi connectivity index (χ2v) is 5.99. The molecule has 0 unspecified atom stereocenters. The SMILES string of the molecule is C[C@H](O)[C@@H](NC(=O)NCc1cccc(C#Cc2ccccc2)c1)C(=O)CO. The third-order valence-corrected chi connectivity index (χ3v) is 3.78. The van der Waals surface area contributed by atoms with Gasteiger partial charge in [-0.05, 0) is 36.8 Å². The van der Waals surface area contributed by atoms with Crippen molar-refractivity contribution in [3.8, 4) is 11.8 Å². The molecule has 27 heavy (non-hydrogen) atoms. The smallest absolute Gasteiger partial charge is 0.315 e. The Morgan fingerprint density at radius 3 is 2.37 bits per heavy atom. The Morgan fingerprint density at radius 1 is 1.04 bits per heavy atom. The number of hydrogen-bond donors (Lipinski definition) is 4. The highest BCUT2D eigenvalue weighted by Gasteiger charge is 2.24. The summed E-state index contributed by atoms with van der Waals surface area (Å²) in [6, 6.07) is 15.3. The van der Waals surface area contributed by atoms with Crippen LogP contribution in [0, 0.1) is 11.8 Å². The Balaban J connectivity index is 1.95. The molecule has 0 heterocycles. The van der Waals surface area contributed by atoms with E-state index in [4.69, 9.17) is 5.11 Å². The molecule has 0 spiro atoms. The van der Waals surface area contributed by atoms with Crippen LogP contribution in [0.1, 0.15) is 23.6 Å². The van der Waals surface area contributed by atoms with Crippen LogP contribution in [0.5, 0.6) is 0 Å². The van der Waals surface area contributed by atoms with Gasteiger partial charge in [-0.2, -0.15) is 0 Å². The van der Waals surface area contributed by atoms with Crippen LogP contribution >= 0.6 is 0 Å². The predicted molar refractivity (Wildman–Crippen MR) is 102 cm³/mol. The Morgan fingerprint density at radius 2 is 1.70 bits per heavy atom. The average Bonchev–Trinajstić information content (AvgIpc) is 2.69. The van der Waals surface area contributed by atoms with Crippen LogP contribution in [0.15, 0.2) is 54.6 Å². The van der Waals surface area contributed by atoms with Gasteiger partial charge in [0.05, 0.1) is 6.10 Å². The van der Waals surface area contributed by atoms with Crippen molar-refractivity contribution in [1.82, 2.24) is 10.6 Å². The van der Waals surface area contributed by atoms with Crippen molar-refractivity contribution < 1.29 is 19.8 Å². The second-order valence-electron chi connectivity index (χ2n) is 5.99. The van der Waals surface area contributed by atoms with E-state index in [1.807, 2.05) is 54.6 Å². The zero-order valence-electron chi connectivity index (χ0n) is 15.0. The number of Topliss-reactive ketones (excluding diaryl/α,β-unsaturated/α-hetero) is 1. The Bertz CT molecular complexity index is 838. The first-order valence-corrected chi connectivity index (χ1v) is 8.51. The summed E-state index contributed by atoms with van der Waals surface area (Å²) in [5.74, 6) is 5.49. The molecular formula is C21H22N2O4. The molecule has 2 rings (SSSR count). The lowest BCUT2D eigenvalue weighted by atomic mass is 10.1. The number of nitrogens with one attached hydrogen (secondary N) is 2. The molecule has 0 aliphatic carbocycles. The summed E-state index contributed by atoms with van der Waals surface area (Å²) in [5.41, 5.74) is 2.57. The van der Waals surface area contributed by atoms with E-state index in [0.29, 0.717) is 0 Å².